The lowest BCUT2D eigenvalue weighted by Gasteiger charge is -2.19. The highest BCUT2D eigenvalue weighted by Crippen LogP contribution is 2.34. The summed E-state index contributed by atoms with van der Waals surface area (Å²) in [4.78, 5) is 14.1. The van der Waals surface area contributed by atoms with Gasteiger partial charge in [-0.2, -0.15) is 0 Å². The summed E-state index contributed by atoms with van der Waals surface area (Å²) in [6, 6.07) is 6.14. The number of amides is 1. The maximum Gasteiger partial charge on any atom is 0.227 e. The molecule has 2 heterocycles. The molecule has 1 atom stereocenters. The van der Waals surface area contributed by atoms with E-state index in [1.807, 2.05) is 24.0 Å². The topological polar surface area (TPSA) is 72.1 Å². The van der Waals surface area contributed by atoms with Crippen LogP contribution < -0.4 is 10.6 Å². The molecular formula is C14H16N4OS. The maximum atomic E-state index is 12.3. The molecule has 104 valence electrons. The zero-order valence-electron chi connectivity index (χ0n) is 11.5. The number of hydrogen-bond acceptors (Lipinski definition) is 5. The Morgan fingerprint density at radius 3 is 2.80 bits per heavy atom. The van der Waals surface area contributed by atoms with Crippen LogP contribution in [-0.2, 0) is 4.79 Å². The van der Waals surface area contributed by atoms with E-state index >= 15 is 0 Å². The lowest BCUT2D eigenvalue weighted by Crippen LogP contribution is -2.25. The van der Waals surface area contributed by atoms with Crippen LogP contribution in [0.5, 0.6) is 0 Å². The minimum Gasteiger partial charge on any atom is -0.374 e. The molecule has 0 radical (unpaired) electrons. The fraction of sp³-hybridized carbons (Fsp3) is 0.357. The van der Waals surface area contributed by atoms with Crippen molar-refractivity contribution >= 4 is 28.1 Å². The molecule has 1 aliphatic heterocycles. The minimum absolute atomic E-state index is 0.0954. The Bertz CT molecular complexity index is 667. The Kier molecular flexibility index (Phi) is 3.17. The Morgan fingerprint density at radius 1 is 1.35 bits per heavy atom. The Balaban J connectivity index is 1.87. The third-order valence-electron chi connectivity index (χ3n) is 3.57. The SMILES string of the molecule is Cc1ccc(N2CC(c3nnc(N)s3)CC2=O)c(C)c1. The van der Waals surface area contributed by atoms with Crippen molar-refractivity contribution in [3.8, 4) is 0 Å². The molecule has 20 heavy (non-hydrogen) atoms. The first-order valence-corrected chi connectivity index (χ1v) is 7.32. The molecule has 1 aromatic heterocycles. The molecule has 1 fully saturated rings. The van der Waals surface area contributed by atoms with Crippen LogP contribution in [0, 0.1) is 13.8 Å². The zero-order chi connectivity index (χ0) is 14.3. The first-order chi connectivity index (χ1) is 9.54. The van der Waals surface area contributed by atoms with Gasteiger partial charge in [-0.1, -0.05) is 29.0 Å². The summed E-state index contributed by atoms with van der Waals surface area (Å²) in [6.45, 7) is 4.73. The van der Waals surface area contributed by atoms with Crippen LogP contribution in [-0.4, -0.2) is 22.6 Å². The van der Waals surface area contributed by atoms with Gasteiger partial charge < -0.3 is 10.6 Å². The average Bonchev–Trinajstić information content (AvgIpc) is 2.96. The molecule has 3 rings (SSSR count). The maximum absolute atomic E-state index is 12.3. The van der Waals surface area contributed by atoms with Crippen LogP contribution >= 0.6 is 11.3 Å². The Morgan fingerprint density at radius 2 is 2.15 bits per heavy atom. The molecule has 2 N–H and O–H groups in total. The fourth-order valence-electron chi connectivity index (χ4n) is 2.63. The second-order valence-corrected chi connectivity index (χ2v) is 6.21. The highest BCUT2D eigenvalue weighted by atomic mass is 32.1. The molecule has 1 unspecified atom stereocenters. The van der Waals surface area contributed by atoms with Gasteiger partial charge in [0.1, 0.15) is 5.01 Å². The standard InChI is InChI=1S/C14H16N4OS/c1-8-3-4-11(9(2)5-8)18-7-10(6-12(18)19)13-16-17-14(15)20-13/h3-5,10H,6-7H2,1-2H3,(H2,15,17). The third-order valence-corrected chi connectivity index (χ3v) is 4.49. The van der Waals surface area contributed by atoms with Gasteiger partial charge in [-0.15, -0.1) is 10.2 Å². The van der Waals surface area contributed by atoms with Crippen molar-refractivity contribution in [3.05, 3.63) is 34.3 Å². The summed E-state index contributed by atoms with van der Waals surface area (Å²) in [6.07, 6.45) is 0.474. The predicted molar refractivity (Wildman–Crippen MR) is 79.9 cm³/mol. The first-order valence-electron chi connectivity index (χ1n) is 6.51. The van der Waals surface area contributed by atoms with E-state index in [2.05, 4.69) is 23.2 Å². The van der Waals surface area contributed by atoms with Gasteiger partial charge in [0.25, 0.3) is 0 Å². The second kappa shape index (κ2) is 4.86. The van der Waals surface area contributed by atoms with Gasteiger partial charge in [0.15, 0.2) is 0 Å². The van der Waals surface area contributed by atoms with E-state index in [4.69, 9.17) is 5.73 Å². The highest BCUT2D eigenvalue weighted by molar-refractivity contribution is 7.15. The van der Waals surface area contributed by atoms with Crippen molar-refractivity contribution in [1.29, 1.82) is 0 Å². The summed E-state index contributed by atoms with van der Waals surface area (Å²) in [5.74, 6) is 0.230. The van der Waals surface area contributed by atoms with Crippen molar-refractivity contribution in [2.45, 2.75) is 26.2 Å². The summed E-state index contributed by atoms with van der Waals surface area (Å²) in [5, 5.41) is 9.20. The smallest absolute Gasteiger partial charge is 0.227 e. The molecule has 0 aliphatic carbocycles. The van der Waals surface area contributed by atoms with Gasteiger partial charge in [-0.3, -0.25) is 4.79 Å². The lowest BCUT2D eigenvalue weighted by atomic mass is 10.1. The number of benzene rings is 1. The normalized spacial score (nSPS) is 18.8. The van der Waals surface area contributed by atoms with Crippen LogP contribution in [0.15, 0.2) is 18.2 Å². The number of carbonyl (C=O) groups excluding carboxylic acids is 1. The van der Waals surface area contributed by atoms with Crippen molar-refractivity contribution < 1.29 is 4.79 Å². The van der Waals surface area contributed by atoms with Gasteiger partial charge >= 0.3 is 0 Å². The molecule has 1 amide bonds. The van der Waals surface area contributed by atoms with Gasteiger partial charge in [0.2, 0.25) is 11.0 Å². The molecule has 1 saturated heterocycles. The van der Waals surface area contributed by atoms with Crippen LogP contribution in [0.25, 0.3) is 0 Å². The molecule has 0 bridgehead atoms. The van der Waals surface area contributed by atoms with Gasteiger partial charge in [-0.25, -0.2) is 0 Å². The summed E-state index contributed by atoms with van der Waals surface area (Å²) in [5.41, 5.74) is 8.92. The molecule has 1 aliphatic rings. The van der Waals surface area contributed by atoms with E-state index in [1.165, 1.54) is 16.9 Å². The number of carbonyl (C=O) groups is 1. The van der Waals surface area contributed by atoms with E-state index in [-0.39, 0.29) is 11.8 Å². The van der Waals surface area contributed by atoms with Crippen LogP contribution in [0.1, 0.15) is 28.5 Å². The molecule has 6 heteroatoms. The van der Waals surface area contributed by atoms with Gasteiger partial charge in [-0.05, 0) is 25.5 Å². The van der Waals surface area contributed by atoms with Gasteiger partial charge in [0.05, 0.1) is 0 Å². The second-order valence-electron chi connectivity index (χ2n) is 5.17. The zero-order valence-corrected chi connectivity index (χ0v) is 12.3. The number of nitrogens with two attached hydrogens (primary N) is 1. The molecule has 5 nitrogen and oxygen atoms in total. The number of aryl methyl sites for hydroxylation is 2. The lowest BCUT2D eigenvalue weighted by molar-refractivity contribution is -0.117. The molecule has 0 saturated carbocycles. The quantitative estimate of drug-likeness (QED) is 0.920. The summed E-state index contributed by atoms with van der Waals surface area (Å²) < 4.78 is 0. The summed E-state index contributed by atoms with van der Waals surface area (Å²) in [7, 11) is 0. The van der Waals surface area contributed by atoms with E-state index < -0.39 is 0 Å². The number of nitrogen functional groups attached to an aromatic ring is 1. The number of aromatic nitrogens is 2. The number of hydrogen-bond donors (Lipinski definition) is 1. The predicted octanol–water partition coefficient (Wildman–Crippen LogP) is 2.26. The third kappa shape index (κ3) is 2.27. The van der Waals surface area contributed by atoms with Crippen molar-refractivity contribution in [1.82, 2.24) is 10.2 Å². The van der Waals surface area contributed by atoms with E-state index in [0.717, 1.165) is 16.3 Å². The Labute approximate surface area is 121 Å². The van der Waals surface area contributed by atoms with Crippen LogP contribution in [0.4, 0.5) is 10.8 Å². The largest absolute Gasteiger partial charge is 0.374 e. The molecular weight excluding hydrogens is 272 g/mol. The monoisotopic (exact) mass is 288 g/mol. The highest BCUT2D eigenvalue weighted by Gasteiger charge is 2.34. The van der Waals surface area contributed by atoms with E-state index in [9.17, 15) is 4.79 Å². The van der Waals surface area contributed by atoms with E-state index in [0.29, 0.717) is 18.1 Å². The van der Waals surface area contributed by atoms with Gasteiger partial charge in [0, 0.05) is 24.6 Å². The number of rotatable bonds is 2. The van der Waals surface area contributed by atoms with Crippen LogP contribution in [0.2, 0.25) is 0 Å². The Hall–Kier alpha value is -1.95. The van der Waals surface area contributed by atoms with Crippen molar-refractivity contribution in [2.24, 2.45) is 0 Å². The van der Waals surface area contributed by atoms with Crippen molar-refractivity contribution in [3.63, 3.8) is 0 Å². The van der Waals surface area contributed by atoms with E-state index in [1.54, 1.807) is 0 Å². The summed E-state index contributed by atoms with van der Waals surface area (Å²) >= 11 is 1.37. The molecule has 1 aromatic carbocycles. The average molecular weight is 288 g/mol. The molecule has 2 aromatic rings. The fourth-order valence-corrected chi connectivity index (χ4v) is 3.33. The number of anilines is 2. The first kappa shape index (κ1) is 13.1. The number of nitrogens with zero attached hydrogens (tertiary/aromatic N) is 3. The minimum atomic E-state index is 0.0954. The molecule has 0 spiro atoms. The van der Waals surface area contributed by atoms with Crippen LogP contribution in [0.3, 0.4) is 0 Å². The van der Waals surface area contributed by atoms with Crippen molar-refractivity contribution in [2.75, 3.05) is 17.2 Å².